The van der Waals surface area contributed by atoms with E-state index in [9.17, 15) is 9.59 Å². The molecule has 2 fully saturated rings. The fraction of sp³-hybridized carbons (Fsp3) is 0.714. The van der Waals surface area contributed by atoms with Gasteiger partial charge >= 0.3 is 5.69 Å². The van der Waals surface area contributed by atoms with E-state index in [4.69, 9.17) is 11.6 Å². The minimum Gasteiger partial charge on any atom is -0.297 e. The smallest absolute Gasteiger partial charge is 0.297 e. The molecule has 104 valence electrons. The molecule has 0 saturated heterocycles. The first-order valence-electron chi connectivity index (χ1n) is 7.10. The summed E-state index contributed by atoms with van der Waals surface area (Å²) in [7, 11) is 0. The molecule has 0 bridgehead atoms. The molecular formula is C14H19ClN2O2. The van der Waals surface area contributed by atoms with Crippen molar-refractivity contribution in [2.45, 2.75) is 51.5 Å². The van der Waals surface area contributed by atoms with E-state index in [0.29, 0.717) is 23.9 Å². The van der Waals surface area contributed by atoms with E-state index in [1.54, 1.807) is 0 Å². The van der Waals surface area contributed by atoms with Crippen LogP contribution in [0.4, 0.5) is 0 Å². The fourth-order valence-corrected chi connectivity index (χ4v) is 3.50. The highest BCUT2D eigenvalue weighted by Gasteiger charge is 2.34. The minimum atomic E-state index is -0.365. The molecule has 0 aromatic carbocycles. The maximum absolute atomic E-state index is 12.5. The van der Waals surface area contributed by atoms with Crippen LogP contribution in [0, 0.1) is 11.8 Å². The van der Waals surface area contributed by atoms with E-state index in [1.807, 2.05) is 0 Å². The van der Waals surface area contributed by atoms with Crippen LogP contribution >= 0.6 is 11.6 Å². The zero-order valence-corrected chi connectivity index (χ0v) is 11.9. The Morgan fingerprint density at radius 2 is 1.95 bits per heavy atom. The molecule has 0 radical (unpaired) electrons. The van der Waals surface area contributed by atoms with Gasteiger partial charge in [0.2, 0.25) is 0 Å². The van der Waals surface area contributed by atoms with Crippen LogP contribution in [0.1, 0.15) is 50.5 Å². The number of H-pyrrole nitrogens is 1. The van der Waals surface area contributed by atoms with Crippen LogP contribution < -0.4 is 11.2 Å². The van der Waals surface area contributed by atoms with Crippen LogP contribution in [-0.4, -0.2) is 9.55 Å². The minimum absolute atomic E-state index is 0.167. The van der Waals surface area contributed by atoms with Gasteiger partial charge in [0.1, 0.15) is 5.15 Å². The van der Waals surface area contributed by atoms with Crippen molar-refractivity contribution in [3.05, 3.63) is 31.6 Å². The largest absolute Gasteiger partial charge is 0.329 e. The van der Waals surface area contributed by atoms with Crippen molar-refractivity contribution < 1.29 is 0 Å². The first-order chi connectivity index (χ1) is 9.08. The van der Waals surface area contributed by atoms with Gasteiger partial charge in [-0.05, 0) is 37.0 Å². The Morgan fingerprint density at radius 3 is 2.53 bits per heavy atom. The molecule has 0 amide bonds. The van der Waals surface area contributed by atoms with Gasteiger partial charge in [-0.3, -0.25) is 14.3 Å². The molecule has 2 aliphatic carbocycles. The molecule has 2 aliphatic rings. The van der Waals surface area contributed by atoms with Gasteiger partial charge < -0.3 is 0 Å². The molecule has 0 spiro atoms. The van der Waals surface area contributed by atoms with Crippen molar-refractivity contribution in [2.24, 2.45) is 11.8 Å². The number of nitrogens with one attached hydrogen (secondary N) is 1. The summed E-state index contributed by atoms with van der Waals surface area (Å²) in [5.41, 5.74) is 0.0997. The summed E-state index contributed by atoms with van der Waals surface area (Å²) < 4.78 is 1.35. The van der Waals surface area contributed by atoms with Crippen molar-refractivity contribution in [2.75, 3.05) is 0 Å². The molecule has 4 nitrogen and oxygen atoms in total. The van der Waals surface area contributed by atoms with Gasteiger partial charge in [-0.1, -0.05) is 31.4 Å². The number of aromatic nitrogens is 2. The molecule has 1 N–H and O–H groups in total. The summed E-state index contributed by atoms with van der Waals surface area (Å²) in [6.45, 7) is 2.68. The van der Waals surface area contributed by atoms with Crippen LogP contribution in [0.15, 0.2) is 9.59 Å². The van der Waals surface area contributed by atoms with Crippen LogP contribution in [0.5, 0.6) is 0 Å². The van der Waals surface area contributed by atoms with E-state index >= 15 is 0 Å². The standard InChI is InChI=1S/C14H19ClN2O2/c1-8-6-10(8)7-17-13(18)11(9-4-2-3-5-9)12(15)16-14(17)19/h8-10H,2-7H2,1H3,(H,16,19). The molecule has 5 heteroatoms. The van der Waals surface area contributed by atoms with Crippen molar-refractivity contribution in [3.8, 4) is 0 Å². The van der Waals surface area contributed by atoms with E-state index in [2.05, 4.69) is 11.9 Å². The number of halogens is 1. The molecular weight excluding hydrogens is 264 g/mol. The SMILES string of the molecule is CC1CC1Cn1c(=O)[nH]c(Cl)c(C2CCCC2)c1=O. The molecule has 2 saturated carbocycles. The number of aromatic amines is 1. The first-order valence-corrected chi connectivity index (χ1v) is 7.48. The zero-order chi connectivity index (χ0) is 13.6. The maximum Gasteiger partial charge on any atom is 0.329 e. The normalized spacial score (nSPS) is 26.8. The second-order valence-corrected chi connectivity index (χ2v) is 6.41. The Balaban J connectivity index is 2.01. The highest BCUT2D eigenvalue weighted by molar-refractivity contribution is 6.30. The third-order valence-electron chi connectivity index (χ3n) is 4.63. The highest BCUT2D eigenvalue weighted by atomic mass is 35.5. The molecule has 0 aliphatic heterocycles. The van der Waals surface area contributed by atoms with Crippen molar-refractivity contribution in [1.29, 1.82) is 0 Å². The number of rotatable bonds is 3. The molecule has 1 aromatic heterocycles. The Hall–Kier alpha value is -1.03. The number of hydrogen-bond acceptors (Lipinski definition) is 2. The second-order valence-electron chi connectivity index (χ2n) is 6.03. The summed E-state index contributed by atoms with van der Waals surface area (Å²) in [5.74, 6) is 1.31. The molecule has 1 aromatic rings. The van der Waals surface area contributed by atoms with Crippen LogP contribution in [-0.2, 0) is 6.54 Å². The van der Waals surface area contributed by atoms with E-state index in [1.165, 1.54) is 4.57 Å². The summed E-state index contributed by atoms with van der Waals surface area (Å²) in [6.07, 6.45) is 5.38. The Kier molecular flexibility index (Phi) is 3.29. The molecule has 2 unspecified atom stereocenters. The highest BCUT2D eigenvalue weighted by Crippen LogP contribution is 2.39. The Bertz CT molecular complexity index is 598. The fourth-order valence-electron chi connectivity index (χ4n) is 3.18. The third-order valence-corrected chi connectivity index (χ3v) is 4.93. The van der Waals surface area contributed by atoms with E-state index in [-0.39, 0.29) is 22.3 Å². The predicted octanol–water partition coefficient (Wildman–Crippen LogP) is 2.50. The van der Waals surface area contributed by atoms with E-state index < -0.39 is 0 Å². The van der Waals surface area contributed by atoms with Crippen molar-refractivity contribution >= 4 is 11.6 Å². The summed E-state index contributed by atoms with van der Waals surface area (Å²) in [4.78, 5) is 27.1. The summed E-state index contributed by atoms with van der Waals surface area (Å²) in [5, 5.41) is 0.252. The lowest BCUT2D eigenvalue weighted by Gasteiger charge is -2.13. The van der Waals surface area contributed by atoms with Crippen LogP contribution in [0.25, 0.3) is 0 Å². The van der Waals surface area contributed by atoms with Gasteiger partial charge in [0.05, 0.1) is 5.56 Å². The third kappa shape index (κ3) is 2.38. The lowest BCUT2D eigenvalue weighted by Crippen LogP contribution is -2.38. The summed E-state index contributed by atoms with van der Waals surface area (Å²) in [6, 6.07) is 0. The first kappa shape index (κ1) is 13.0. The lowest BCUT2D eigenvalue weighted by molar-refractivity contribution is 0.538. The zero-order valence-electron chi connectivity index (χ0n) is 11.1. The van der Waals surface area contributed by atoms with Crippen LogP contribution in [0.2, 0.25) is 5.15 Å². The second kappa shape index (κ2) is 4.82. The van der Waals surface area contributed by atoms with Crippen LogP contribution in [0.3, 0.4) is 0 Å². The van der Waals surface area contributed by atoms with Gasteiger partial charge in [-0.15, -0.1) is 0 Å². The van der Waals surface area contributed by atoms with Gasteiger partial charge in [-0.25, -0.2) is 4.79 Å². The molecule has 2 atom stereocenters. The summed E-state index contributed by atoms with van der Waals surface area (Å²) >= 11 is 6.10. The molecule has 19 heavy (non-hydrogen) atoms. The predicted molar refractivity (Wildman–Crippen MR) is 74.8 cm³/mol. The maximum atomic E-state index is 12.5. The van der Waals surface area contributed by atoms with Gasteiger partial charge in [0.15, 0.2) is 0 Å². The monoisotopic (exact) mass is 282 g/mol. The average Bonchev–Trinajstić information content (AvgIpc) is 2.83. The van der Waals surface area contributed by atoms with Crippen molar-refractivity contribution in [1.82, 2.24) is 9.55 Å². The molecule has 3 rings (SSSR count). The topological polar surface area (TPSA) is 54.9 Å². The van der Waals surface area contributed by atoms with Gasteiger partial charge in [0.25, 0.3) is 5.56 Å². The van der Waals surface area contributed by atoms with Gasteiger partial charge in [-0.2, -0.15) is 0 Å². The average molecular weight is 283 g/mol. The molecule has 1 heterocycles. The van der Waals surface area contributed by atoms with E-state index in [0.717, 1.165) is 32.1 Å². The number of hydrogen-bond donors (Lipinski definition) is 1. The lowest BCUT2D eigenvalue weighted by atomic mass is 10.0. The quantitative estimate of drug-likeness (QED) is 0.866. The Labute approximate surface area is 116 Å². The number of nitrogens with zero attached hydrogens (tertiary/aromatic N) is 1. The van der Waals surface area contributed by atoms with Crippen molar-refractivity contribution in [3.63, 3.8) is 0 Å². The van der Waals surface area contributed by atoms with Gasteiger partial charge in [0, 0.05) is 6.54 Å². The Morgan fingerprint density at radius 1 is 1.32 bits per heavy atom.